The molecule has 0 fully saturated rings. The van der Waals surface area contributed by atoms with Gasteiger partial charge in [-0.15, -0.1) is 11.3 Å². The molecule has 1 aromatic rings. The molecular weight excluding hydrogens is 220 g/mol. The fourth-order valence-electron chi connectivity index (χ4n) is 1.55. The molecule has 0 radical (unpaired) electrons. The molecule has 90 valence electrons. The van der Waals surface area contributed by atoms with Crippen molar-refractivity contribution in [1.82, 2.24) is 10.2 Å². The molecule has 0 bridgehead atoms. The summed E-state index contributed by atoms with van der Waals surface area (Å²) in [7, 11) is 0. The number of nitrogens with zero attached hydrogens (tertiary/aromatic N) is 1. The number of hydrogen-bond acceptors (Lipinski definition) is 3. The fourth-order valence-corrected chi connectivity index (χ4v) is 2.23. The lowest BCUT2D eigenvalue weighted by Gasteiger charge is -2.18. The van der Waals surface area contributed by atoms with Crippen molar-refractivity contribution >= 4 is 17.2 Å². The van der Waals surface area contributed by atoms with E-state index in [9.17, 15) is 4.79 Å². The fraction of sp³-hybridized carbons (Fsp3) is 0.583. The first-order valence-corrected chi connectivity index (χ1v) is 6.66. The van der Waals surface area contributed by atoms with Crippen LogP contribution in [0.2, 0.25) is 0 Å². The van der Waals surface area contributed by atoms with E-state index in [0.717, 1.165) is 26.2 Å². The van der Waals surface area contributed by atoms with Crippen LogP contribution < -0.4 is 5.32 Å². The van der Waals surface area contributed by atoms with Gasteiger partial charge in [0.25, 0.3) is 0 Å². The number of hydrogen-bond donors (Lipinski definition) is 1. The molecule has 0 unspecified atom stereocenters. The molecule has 1 rings (SSSR count). The van der Waals surface area contributed by atoms with Crippen LogP contribution in [0.15, 0.2) is 17.5 Å². The van der Waals surface area contributed by atoms with Gasteiger partial charge in [-0.1, -0.05) is 6.07 Å². The summed E-state index contributed by atoms with van der Waals surface area (Å²) in [5, 5.41) is 5.35. The summed E-state index contributed by atoms with van der Waals surface area (Å²) in [5.41, 5.74) is 0. The lowest BCUT2D eigenvalue weighted by Crippen LogP contribution is -2.32. The molecule has 0 aromatic carbocycles. The highest BCUT2D eigenvalue weighted by Crippen LogP contribution is 2.07. The molecule has 0 saturated heterocycles. The number of carbonyl (C=O) groups is 1. The highest BCUT2D eigenvalue weighted by atomic mass is 32.1. The third-order valence-corrected chi connectivity index (χ3v) is 3.39. The number of rotatable bonds is 7. The van der Waals surface area contributed by atoms with Crippen LogP contribution in [0.3, 0.4) is 0 Å². The van der Waals surface area contributed by atoms with Crippen molar-refractivity contribution in [3.05, 3.63) is 22.4 Å². The smallest absolute Gasteiger partial charge is 0.223 e. The van der Waals surface area contributed by atoms with Crippen LogP contribution in [-0.4, -0.2) is 30.4 Å². The molecule has 3 nitrogen and oxygen atoms in total. The van der Waals surface area contributed by atoms with E-state index < -0.39 is 0 Å². The van der Waals surface area contributed by atoms with Crippen LogP contribution in [0.4, 0.5) is 0 Å². The number of amides is 1. The molecule has 1 amide bonds. The van der Waals surface area contributed by atoms with Crippen LogP contribution in [-0.2, 0) is 11.3 Å². The minimum absolute atomic E-state index is 0.240. The Labute approximate surface area is 101 Å². The molecule has 0 aliphatic rings. The van der Waals surface area contributed by atoms with E-state index in [0.29, 0.717) is 6.42 Å². The normalized spacial score (nSPS) is 10.4. The molecule has 0 saturated carbocycles. The Hall–Kier alpha value is -0.870. The first-order valence-electron chi connectivity index (χ1n) is 5.78. The molecule has 4 heteroatoms. The maximum Gasteiger partial charge on any atom is 0.223 e. The zero-order valence-corrected chi connectivity index (χ0v) is 10.8. The summed E-state index contributed by atoms with van der Waals surface area (Å²) in [4.78, 5) is 14.8. The van der Waals surface area contributed by atoms with Crippen LogP contribution in [0, 0.1) is 0 Å². The van der Waals surface area contributed by atoms with Crippen LogP contribution in [0.5, 0.6) is 0 Å². The first-order chi connectivity index (χ1) is 7.77. The zero-order valence-electron chi connectivity index (χ0n) is 10.0. The molecule has 0 aliphatic heterocycles. The van der Waals surface area contributed by atoms with Crippen molar-refractivity contribution < 1.29 is 4.79 Å². The van der Waals surface area contributed by atoms with Gasteiger partial charge in [0.1, 0.15) is 0 Å². The summed E-state index contributed by atoms with van der Waals surface area (Å²) < 4.78 is 0. The van der Waals surface area contributed by atoms with Crippen molar-refractivity contribution in [2.45, 2.75) is 26.8 Å². The second kappa shape index (κ2) is 7.41. The number of carbonyl (C=O) groups excluding carboxylic acids is 1. The predicted molar refractivity (Wildman–Crippen MR) is 68.6 cm³/mol. The number of nitrogens with one attached hydrogen (secondary N) is 1. The largest absolute Gasteiger partial charge is 0.343 e. The molecular formula is C12H20N2OS. The summed E-state index contributed by atoms with van der Waals surface area (Å²) in [6.07, 6.45) is 0.590. The monoisotopic (exact) mass is 240 g/mol. The van der Waals surface area contributed by atoms with Gasteiger partial charge < -0.3 is 10.2 Å². The predicted octanol–water partition coefficient (Wildman–Crippen LogP) is 2.10. The number of thiophene rings is 1. The Balaban J connectivity index is 2.13. The Morgan fingerprint density at radius 3 is 2.75 bits per heavy atom. The van der Waals surface area contributed by atoms with Gasteiger partial charge in [0.15, 0.2) is 0 Å². The van der Waals surface area contributed by atoms with Gasteiger partial charge in [0.05, 0.1) is 0 Å². The van der Waals surface area contributed by atoms with Crippen LogP contribution in [0.1, 0.15) is 25.1 Å². The second-order valence-electron chi connectivity index (χ2n) is 3.57. The van der Waals surface area contributed by atoms with Gasteiger partial charge in [-0.05, 0) is 25.3 Å². The van der Waals surface area contributed by atoms with Crippen molar-refractivity contribution in [3.8, 4) is 0 Å². The standard InChI is InChI=1S/C12H20N2OS/c1-3-14(4-2)12(15)7-8-13-10-11-6-5-9-16-11/h5-6,9,13H,3-4,7-8,10H2,1-2H3. The average molecular weight is 240 g/mol. The van der Waals surface area contributed by atoms with E-state index in [1.54, 1.807) is 11.3 Å². The lowest BCUT2D eigenvalue weighted by atomic mass is 10.3. The van der Waals surface area contributed by atoms with E-state index in [2.05, 4.69) is 16.8 Å². The van der Waals surface area contributed by atoms with E-state index in [-0.39, 0.29) is 5.91 Å². The van der Waals surface area contributed by atoms with Crippen molar-refractivity contribution in [3.63, 3.8) is 0 Å². The van der Waals surface area contributed by atoms with Crippen LogP contribution in [0.25, 0.3) is 0 Å². The van der Waals surface area contributed by atoms with E-state index >= 15 is 0 Å². The Kier molecular flexibility index (Phi) is 6.11. The minimum Gasteiger partial charge on any atom is -0.343 e. The Bertz CT molecular complexity index is 294. The minimum atomic E-state index is 0.240. The molecule has 16 heavy (non-hydrogen) atoms. The molecule has 1 heterocycles. The molecule has 0 atom stereocenters. The van der Waals surface area contributed by atoms with Gasteiger partial charge in [-0.3, -0.25) is 4.79 Å². The first kappa shape index (κ1) is 13.2. The Morgan fingerprint density at radius 1 is 1.44 bits per heavy atom. The van der Waals surface area contributed by atoms with Gasteiger partial charge in [0, 0.05) is 37.5 Å². The summed E-state index contributed by atoms with van der Waals surface area (Å²) in [6, 6.07) is 4.15. The maximum atomic E-state index is 11.7. The average Bonchev–Trinajstić information content (AvgIpc) is 2.79. The van der Waals surface area contributed by atoms with Crippen LogP contribution >= 0.6 is 11.3 Å². The van der Waals surface area contributed by atoms with Gasteiger partial charge in [0.2, 0.25) is 5.91 Å². The van der Waals surface area contributed by atoms with E-state index in [1.165, 1.54) is 4.88 Å². The highest BCUT2D eigenvalue weighted by Gasteiger charge is 2.07. The van der Waals surface area contributed by atoms with Gasteiger partial charge in [-0.2, -0.15) is 0 Å². The van der Waals surface area contributed by atoms with Crippen molar-refractivity contribution in [2.24, 2.45) is 0 Å². The van der Waals surface area contributed by atoms with E-state index in [1.807, 2.05) is 24.8 Å². The molecule has 1 N–H and O–H groups in total. The summed E-state index contributed by atoms with van der Waals surface area (Å²) >= 11 is 1.74. The Morgan fingerprint density at radius 2 is 2.19 bits per heavy atom. The highest BCUT2D eigenvalue weighted by molar-refractivity contribution is 7.09. The molecule has 0 spiro atoms. The quantitative estimate of drug-likeness (QED) is 0.740. The summed E-state index contributed by atoms with van der Waals surface area (Å²) in [6.45, 7) is 7.26. The third-order valence-electron chi connectivity index (χ3n) is 2.51. The van der Waals surface area contributed by atoms with Crippen molar-refractivity contribution in [2.75, 3.05) is 19.6 Å². The van der Waals surface area contributed by atoms with Gasteiger partial charge in [-0.25, -0.2) is 0 Å². The third kappa shape index (κ3) is 4.33. The van der Waals surface area contributed by atoms with Crippen molar-refractivity contribution in [1.29, 1.82) is 0 Å². The van der Waals surface area contributed by atoms with Gasteiger partial charge >= 0.3 is 0 Å². The van der Waals surface area contributed by atoms with E-state index in [4.69, 9.17) is 0 Å². The second-order valence-corrected chi connectivity index (χ2v) is 4.60. The maximum absolute atomic E-state index is 11.7. The topological polar surface area (TPSA) is 32.3 Å². The molecule has 1 aromatic heterocycles. The summed E-state index contributed by atoms with van der Waals surface area (Å²) in [5.74, 6) is 0.240. The zero-order chi connectivity index (χ0) is 11.8. The SMILES string of the molecule is CCN(CC)C(=O)CCNCc1cccs1. The molecule has 0 aliphatic carbocycles. The lowest BCUT2D eigenvalue weighted by molar-refractivity contribution is -0.130.